The monoisotopic (exact) mass is 442 g/mol. The normalized spacial score (nSPS) is 21.9. The number of ether oxygens (including phenoxy) is 1. The topological polar surface area (TPSA) is 91.4 Å². The third-order valence-corrected chi connectivity index (χ3v) is 6.40. The minimum Gasteiger partial charge on any atom is -0.379 e. The number of rotatable bonds is 7. The van der Waals surface area contributed by atoms with Gasteiger partial charge in [-0.15, -0.1) is 0 Å². The number of hydrogen-bond acceptors (Lipinski definition) is 7. The number of carbonyl (C=O) groups is 1. The molecule has 2 aromatic heterocycles. The molecule has 0 bridgehead atoms. The van der Waals surface area contributed by atoms with Gasteiger partial charge in [0.15, 0.2) is 0 Å². The molecule has 3 heterocycles. The number of thiophene rings is 1. The molecule has 1 fully saturated rings. The van der Waals surface area contributed by atoms with Crippen molar-refractivity contribution in [1.82, 2.24) is 25.5 Å². The lowest BCUT2D eigenvalue weighted by Gasteiger charge is -2.28. The zero-order valence-electron chi connectivity index (χ0n) is 17.8. The first-order chi connectivity index (χ1) is 15.2. The fraction of sp³-hybridized carbons (Fsp3) is 0.500. The molecule has 0 saturated carbocycles. The molecule has 2 atom stereocenters. The number of nitrogens with zero attached hydrogens (tertiary/aromatic N) is 3. The Hall–Kier alpha value is -2.49. The van der Waals surface area contributed by atoms with E-state index < -0.39 is 0 Å². The molecule has 166 valence electrons. The van der Waals surface area contributed by atoms with E-state index in [-0.39, 0.29) is 12.1 Å². The van der Waals surface area contributed by atoms with E-state index in [4.69, 9.17) is 4.74 Å². The molecule has 3 N–H and O–H groups in total. The number of morpholine rings is 1. The van der Waals surface area contributed by atoms with E-state index in [2.05, 4.69) is 55.3 Å². The zero-order valence-corrected chi connectivity index (χ0v) is 18.7. The van der Waals surface area contributed by atoms with Crippen LogP contribution in [0.25, 0.3) is 11.1 Å². The summed E-state index contributed by atoms with van der Waals surface area (Å²) < 4.78 is 5.35. The molecule has 9 heteroatoms. The maximum absolute atomic E-state index is 12.3. The van der Waals surface area contributed by atoms with Crippen molar-refractivity contribution >= 4 is 23.3 Å². The second kappa shape index (κ2) is 10.7. The van der Waals surface area contributed by atoms with Crippen molar-refractivity contribution in [2.75, 3.05) is 44.7 Å². The first kappa shape index (κ1) is 21.7. The van der Waals surface area contributed by atoms with Crippen LogP contribution in [0.2, 0.25) is 0 Å². The maximum Gasteiger partial charge on any atom is 0.315 e. The van der Waals surface area contributed by atoms with Gasteiger partial charge in [0, 0.05) is 49.8 Å². The quantitative estimate of drug-likeness (QED) is 0.611. The predicted molar refractivity (Wildman–Crippen MR) is 123 cm³/mol. The summed E-state index contributed by atoms with van der Waals surface area (Å²) in [6.45, 7) is 7.06. The lowest BCUT2D eigenvalue weighted by molar-refractivity contribution is 0.0387. The van der Waals surface area contributed by atoms with Gasteiger partial charge < -0.3 is 20.7 Å². The van der Waals surface area contributed by atoms with Crippen molar-refractivity contribution in [3.05, 3.63) is 41.0 Å². The van der Waals surface area contributed by atoms with E-state index in [1.807, 2.05) is 17.8 Å². The predicted octanol–water partition coefficient (Wildman–Crippen LogP) is 2.93. The van der Waals surface area contributed by atoms with Crippen molar-refractivity contribution in [1.29, 1.82) is 0 Å². The summed E-state index contributed by atoms with van der Waals surface area (Å²) in [6, 6.07) is 1.93. The van der Waals surface area contributed by atoms with Crippen LogP contribution >= 0.6 is 11.3 Å². The fourth-order valence-corrected chi connectivity index (χ4v) is 4.46. The Balaban J connectivity index is 1.27. The van der Waals surface area contributed by atoms with Crippen LogP contribution in [0.5, 0.6) is 0 Å². The van der Waals surface area contributed by atoms with Gasteiger partial charge >= 0.3 is 6.03 Å². The highest BCUT2D eigenvalue weighted by Crippen LogP contribution is 2.26. The molecule has 4 rings (SSSR count). The molecule has 0 radical (unpaired) electrons. The third-order valence-electron chi connectivity index (χ3n) is 5.72. The summed E-state index contributed by atoms with van der Waals surface area (Å²) >= 11 is 1.66. The van der Waals surface area contributed by atoms with Crippen LogP contribution in [0.15, 0.2) is 41.0 Å². The highest BCUT2D eigenvalue weighted by Gasteiger charge is 2.22. The lowest BCUT2D eigenvalue weighted by atomic mass is 9.91. The number of hydrogen-bond donors (Lipinski definition) is 3. The van der Waals surface area contributed by atoms with Gasteiger partial charge in [-0.25, -0.2) is 14.8 Å². The van der Waals surface area contributed by atoms with E-state index in [1.54, 1.807) is 11.3 Å². The maximum atomic E-state index is 12.3. The molecule has 0 spiro atoms. The van der Waals surface area contributed by atoms with Gasteiger partial charge in [0.05, 0.1) is 19.3 Å². The Kier molecular flexibility index (Phi) is 7.50. The fourth-order valence-electron chi connectivity index (χ4n) is 3.80. The first-order valence-electron chi connectivity index (χ1n) is 10.8. The summed E-state index contributed by atoms with van der Waals surface area (Å²) in [7, 11) is 0. The lowest BCUT2D eigenvalue weighted by Crippen LogP contribution is -2.46. The molecule has 2 aliphatic rings. The number of carbonyl (C=O) groups excluding carboxylic acids is 1. The number of aromatic nitrogens is 2. The summed E-state index contributed by atoms with van der Waals surface area (Å²) in [6.07, 6.45) is 7.67. The van der Waals surface area contributed by atoms with Gasteiger partial charge in [0.2, 0.25) is 5.95 Å². The van der Waals surface area contributed by atoms with Crippen molar-refractivity contribution < 1.29 is 9.53 Å². The van der Waals surface area contributed by atoms with Gasteiger partial charge in [0.1, 0.15) is 0 Å². The molecule has 2 aromatic rings. The molecule has 1 aliphatic heterocycles. The van der Waals surface area contributed by atoms with Gasteiger partial charge in [-0.1, -0.05) is 6.92 Å². The van der Waals surface area contributed by atoms with E-state index in [0.717, 1.165) is 62.5 Å². The minimum absolute atomic E-state index is 0.00725. The van der Waals surface area contributed by atoms with E-state index in [9.17, 15) is 4.79 Å². The number of nitrogens with one attached hydrogen (secondary N) is 3. The van der Waals surface area contributed by atoms with Crippen molar-refractivity contribution in [3.63, 3.8) is 0 Å². The number of allylic oxidation sites excluding steroid dienone is 1. The number of anilines is 1. The van der Waals surface area contributed by atoms with Crippen LogP contribution < -0.4 is 16.0 Å². The molecular weight excluding hydrogens is 412 g/mol. The SMILES string of the molecule is CC1CCC(NC(=O)NCCN2CCOCC2)C=C1Nc1ncc(-c2ccsc2)cn1. The average Bonchev–Trinajstić information content (AvgIpc) is 3.32. The van der Waals surface area contributed by atoms with E-state index in [1.165, 1.54) is 0 Å². The summed E-state index contributed by atoms with van der Waals surface area (Å²) in [5.74, 6) is 0.940. The van der Waals surface area contributed by atoms with Crippen LogP contribution in [0.3, 0.4) is 0 Å². The van der Waals surface area contributed by atoms with Crippen molar-refractivity contribution in [3.8, 4) is 11.1 Å². The van der Waals surface area contributed by atoms with Gasteiger partial charge in [-0.05, 0) is 47.2 Å². The average molecular weight is 443 g/mol. The molecule has 1 saturated heterocycles. The van der Waals surface area contributed by atoms with Gasteiger partial charge in [-0.3, -0.25) is 4.90 Å². The Morgan fingerprint density at radius 2 is 2.03 bits per heavy atom. The molecule has 8 nitrogen and oxygen atoms in total. The Morgan fingerprint density at radius 1 is 1.23 bits per heavy atom. The third kappa shape index (κ3) is 6.25. The molecule has 0 aromatic carbocycles. The smallest absolute Gasteiger partial charge is 0.315 e. The van der Waals surface area contributed by atoms with Gasteiger partial charge in [0.25, 0.3) is 0 Å². The van der Waals surface area contributed by atoms with Crippen LogP contribution in [-0.4, -0.2) is 66.3 Å². The molecule has 2 unspecified atom stereocenters. The Bertz CT molecular complexity index is 865. The summed E-state index contributed by atoms with van der Waals surface area (Å²) in [5.41, 5.74) is 3.18. The van der Waals surface area contributed by atoms with E-state index >= 15 is 0 Å². The second-order valence-corrected chi connectivity index (χ2v) is 8.77. The minimum atomic E-state index is -0.125. The van der Waals surface area contributed by atoms with Crippen molar-refractivity contribution in [2.24, 2.45) is 5.92 Å². The highest BCUT2D eigenvalue weighted by molar-refractivity contribution is 7.08. The zero-order chi connectivity index (χ0) is 21.5. The van der Waals surface area contributed by atoms with Crippen LogP contribution in [0.4, 0.5) is 10.7 Å². The largest absolute Gasteiger partial charge is 0.379 e. The molecule has 2 amide bonds. The van der Waals surface area contributed by atoms with Crippen LogP contribution in [-0.2, 0) is 4.74 Å². The molecular formula is C22H30N6O2S. The van der Waals surface area contributed by atoms with E-state index in [0.29, 0.717) is 18.4 Å². The molecule has 1 aliphatic carbocycles. The number of urea groups is 1. The van der Waals surface area contributed by atoms with Crippen molar-refractivity contribution in [2.45, 2.75) is 25.8 Å². The summed E-state index contributed by atoms with van der Waals surface area (Å²) in [4.78, 5) is 23.5. The second-order valence-electron chi connectivity index (χ2n) is 7.99. The Morgan fingerprint density at radius 3 is 2.77 bits per heavy atom. The standard InChI is InChI=1S/C22H30N6O2S/c1-16-2-3-19(26-22(29)23-5-6-28-7-9-30-10-8-28)12-20(16)27-21-24-13-18(14-25-21)17-4-11-31-15-17/h4,11-16,19H,2-3,5-10H2,1H3,(H2,23,26,29)(H,24,25,27). The van der Waals surface area contributed by atoms with Crippen LogP contribution in [0.1, 0.15) is 19.8 Å². The van der Waals surface area contributed by atoms with Gasteiger partial charge in [-0.2, -0.15) is 11.3 Å². The van der Waals surface area contributed by atoms with Crippen LogP contribution in [0, 0.1) is 5.92 Å². The molecule has 31 heavy (non-hydrogen) atoms. The number of amides is 2. The summed E-state index contributed by atoms with van der Waals surface area (Å²) in [5, 5.41) is 13.5. The first-order valence-corrected chi connectivity index (χ1v) is 11.8. The Labute approximate surface area is 187 Å². The highest BCUT2D eigenvalue weighted by atomic mass is 32.1.